The van der Waals surface area contributed by atoms with Crippen molar-refractivity contribution in [2.75, 3.05) is 7.11 Å². The molecular weight excluding hydrogens is 486 g/mol. The molecule has 1 N–H and O–H groups in total. The van der Waals surface area contributed by atoms with Gasteiger partial charge in [0.25, 0.3) is 0 Å². The van der Waals surface area contributed by atoms with Crippen LogP contribution in [0.15, 0.2) is 36.4 Å². The molecular formula is C31H42ClNO4. The van der Waals surface area contributed by atoms with Crippen LogP contribution in [0.4, 0.5) is 0 Å². The Morgan fingerprint density at radius 3 is 2.27 bits per heavy atom. The number of methoxy groups -OCH3 is 1. The predicted octanol–water partition coefficient (Wildman–Crippen LogP) is 6.97. The van der Waals surface area contributed by atoms with Crippen LogP contribution >= 0.6 is 11.6 Å². The average Bonchev–Trinajstić information content (AvgIpc) is 2.83. The topological polar surface area (TPSA) is 59.0 Å². The summed E-state index contributed by atoms with van der Waals surface area (Å²) < 4.78 is 11.7. The van der Waals surface area contributed by atoms with Crippen LogP contribution in [0.3, 0.4) is 0 Å². The molecule has 2 unspecified atom stereocenters. The van der Waals surface area contributed by atoms with Crippen molar-refractivity contribution < 1.29 is 19.4 Å². The van der Waals surface area contributed by atoms with Crippen molar-refractivity contribution in [1.82, 2.24) is 4.90 Å². The van der Waals surface area contributed by atoms with E-state index in [0.29, 0.717) is 28.9 Å². The van der Waals surface area contributed by atoms with Crippen LogP contribution in [0.25, 0.3) is 0 Å². The summed E-state index contributed by atoms with van der Waals surface area (Å²) in [6.45, 7) is 10.3. The fourth-order valence-electron chi connectivity index (χ4n) is 6.45. The molecule has 0 spiro atoms. The highest BCUT2D eigenvalue weighted by atomic mass is 35.5. The van der Waals surface area contributed by atoms with Crippen LogP contribution in [0.1, 0.15) is 89.5 Å². The van der Waals surface area contributed by atoms with Gasteiger partial charge in [-0.2, -0.15) is 0 Å². The maximum Gasteiger partial charge on any atom is 0.228 e. The van der Waals surface area contributed by atoms with Crippen molar-refractivity contribution in [3.8, 4) is 11.5 Å². The molecule has 1 saturated carbocycles. The van der Waals surface area contributed by atoms with E-state index >= 15 is 0 Å². The van der Waals surface area contributed by atoms with Gasteiger partial charge >= 0.3 is 0 Å². The number of amides is 1. The number of carbonyl (C=O) groups excluding carboxylic acids is 1. The van der Waals surface area contributed by atoms with E-state index in [0.717, 1.165) is 48.8 Å². The molecule has 0 aromatic heterocycles. The third kappa shape index (κ3) is 6.09. The molecule has 0 saturated heterocycles. The lowest BCUT2D eigenvalue weighted by molar-refractivity contribution is -0.137. The molecule has 2 aliphatic rings. The average molecular weight is 528 g/mol. The molecule has 1 heterocycles. The Bertz CT molecular complexity index is 1090. The monoisotopic (exact) mass is 527 g/mol. The van der Waals surface area contributed by atoms with Gasteiger partial charge in [-0.15, -0.1) is 0 Å². The zero-order valence-electron chi connectivity index (χ0n) is 23.1. The SMILES string of the molecule is COc1cc2c(cc1OC(C)C)C(c1ccc(Cl)cc1)N(C1CCC(C(C)(O)CC(C)C)CC1)C(=O)C2. The van der Waals surface area contributed by atoms with Gasteiger partial charge in [0.15, 0.2) is 11.5 Å². The van der Waals surface area contributed by atoms with Crippen LogP contribution < -0.4 is 9.47 Å². The Balaban J connectivity index is 1.71. The van der Waals surface area contributed by atoms with Gasteiger partial charge in [0, 0.05) is 11.1 Å². The van der Waals surface area contributed by atoms with E-state index < -0.39 is 5.60 Å². The fraction of sp³-hybridized carbons (Fsp3) is 0.581. The van der Waals surface area contributed by atoms with Gasteiger partial charge in [-0.1, -0.05) is 37.6 Å². The zero-order valence-corrected chi connectivity index (χ0v) is 23.8. The molecule has 1 aliphatic carbocycles. The van der Waals surface area contributed by atoms with Crippen molar-refractivity contribution in [3.05, 3.63) is 58.1 Å². The Hall–Kier alpha value is -2.24. The van der Waals surface area contributed by atoms with E-state index in [-0.39, 0.29) is 30.0 Å². The summed E-state index contributed by atoms with van der Waals surface area (Å²) in [5.74, 6) is 2.17. The molecule has 1 aliphatic heterocycles. The lowest BCUT2D eigenvalue weighted by Crippen LogP contribution is -2.50. The molecule has 0 radical (unpaired) electrons. The van der Waals surface area contributed by atoms with Crippen molar-refractivity contribution >= 4 is 17.5 Å². The molecule has 0 bridgehead atoms. The Morgan fingerprint density at radius 2 is 1.70 bits per heavy atom. The lowest BCUT2D eigenvalue weighted by atomic mass is 9.72. The number of benzene rings is 2. The third-order valence-electron chi connectivity index (χ3n) is 7.97. The van der Waals surface area contributed by atoms with E-state index in [2.05, 4.69) is 24.8 Å². The summed E-state index contributed by atoms with van der Waals surface area (Å²) in [5, 5.41) is 11.8. The predicted molar refractivity (Wildman–Crippen MR) is 148 cm³/mol. The number of ether oxygens (including phenoxy) is 2. The van der Waals surface area contributed by atoms with Crippen molar-refractivity contribution in [3.63, 3.8) is 0 Å². The minimum absolute atomic E-state index is 0.00355. The molecule has 6 heteroatoms. The van der Waals surface area contributed by atoms with Gasteiger partial charge in [-0.25, -0.2) is 0 Å². The number of nitrogens with zero attached hydrogens (tertiary/aromatic N) is 1. The molecule has 2 aromatic carbocycles. The summed E-state index contributed by atoms with van der Waals surface area (Å²) >= 11 is 6.24. The first-order valence-electron chi connectivity index (χ1n) is 13.7. The Morgan fingerprint density at radius 1 is 1.05 bits per heavy atom. The van der Waals surface area contributed by atoms with Gasteiger partial charge in [0.2, 0.25) is 5.91 Å². The number of hydrogen-bond acceptors (Lipinski definition) is 4. The fourth-order valence-corrected chi connectivity index (χ4v) is 6.57. The highest BCUT2D eigenvalue weighted by molar-refractivity contribution is 6.30. The van der Waals surface area contributed by atoms with Crippen LogP contribution in [0, 0.1) is 11.8 Å². The van der Waals surface area contributed by atoms with Crippen molar-refractivity contribution in [2.24, 2.45) is 11.8 Å². The largest absolute Gasteiger partial charge is 0.493 e. The maximum atomic E-state index is 13.8. The maximum absolute atomic E-state index is 13.8. The van der Waals surface area contributed by atoms with Crippen LogP contribution in [0.5, 0.6) is 11.5 Å². The van der Waals surface area contributed by atoms with Gasteiger partial charge in [-0.3, -0.25) is 4.79 Å². The summed E-state index contributed by atoms with van der Waals surface area (Å²) in [6.07, 6.45) is 4.73. The molecule has 2 aromatic rings. The number of rotatable bonds is 8. The van der Waals surface area contributed by atoms with E-state index in [9.17, 15) is 9.90 Å². The third-order valence-corrected chi connectivity index (χ3v) is 8.22. The molecule has 202 valence electrons. The van der Waals surface area contributed by atoms with Gasteiger partial charge in [0.05, 0.1) is 31.3 Å². The molecule has 2 atom stereocenters. The first kappa shape index (κ1) is 27.8. The Labute approximate surface area is 227 Å². The number of fused-ring (bicyclic) bond motifs is 1. The quantitative estimate of drug-likeness (QED) is 0.403. The molecule has 37 heavy (non-hydrogen) atoms. The normalized spacial score (nSPS) is 23.7. The van der Waals surface area contributed by atoms with Gasteiger partial charge < -0.3 is 19.5 Å². The summed E-state index contributed by atoms with van der Waals surface area (Å²) in [4.78, 5) is 15.9. The first-order chi connectivity index (χ1) is 17.5. The summed E-state index contributed by atoms with van der Waals surface area (Å²) in [6, 6.07) is 11.7. The number of hydrogen-bond donors (Lipinski definition) is 1. The summed E-state index contributed by atoms with van der Waals surface area (Å²) in [5.41, 5.74) is 2.41. The van der Waals surface area contributed by atoms with Crippen molar-refractivity contribution in [2.45, 2.75) is 96.9 Å². The second-order valence-corrected chi connectivity index (χ2v) is 12.2. The van der Waals surface area contributed by atoms with Crippen LogP contribution in [0.2, 0.25) is 5.02 Å². The van der Waals surface area contributed by atoms with Crippen LogP contribution in [-0.2, 0) is 11.2 Å². The second-order valence-electron chi connectivity index (χ2n) is 11.8. The molecule has 4 rings (SSSR count). The standard InChI is InChI=1S/C31H42ClNO4/c1-19(2)18-31(5,35)23-9-13-25(14-10-23)33-29(34)16-22-15-27(36-6)28(37-20(3)4)17-26(22)30(33)21-7-11-24(32)12-8-21/h7-8,11-12,15,17,19-20,23,25,30,35H,9-10,13-14,16,18H2,1-6H3. The molecule has 1 amide bonds. The zero-order chi connectivity index (χ0) is 26.9. The highest BCUT2D eigenvalue weighted by Crippen LogP contribution is 2.46. The second kappa shape index (κ2) is 11.2. The molecule has 1 fully saturated rings. The van der Waals surface area contributed by atoms with Crippen LogP contribution in [-0.4, -0.2) is 40.8 Å². The van der Waals surface area contributed by atoms with E-state index in [1.54, 1.807) is 7.11 Å². The molecule has 5 nitrogen and oxygen atoms in total. The minimum Gasteiger partial charge on any atom is -0.493 e. The number of halogens is 1. The van der Waals surface area contributed by atoms with E-state index in [1.807, 2.05) is 51.1 Å². The lowest BCUT2D eigenvalue weighted by Gasteiger charge is -2.47. The van der Waals surface area contributed by atoms with Crippen molar-refractivity contribution in [1.29, 1.82) is 0 Å². The van der Waals surface area contributed by atoms with E-state index in [1.165, 1.54) is 0 Å². The Kier molecular flexibility index (Phi) is 8.45. The highest BCUT2D eigenvalue weighted by Gasteiger charge is 2.42. The minimum atomic E-state index is -0.674. The first-order valence-corrected chi connectivity index (χ1v) is 14.0. The smallest absolute Gasteiger partial charge is 0.228 e. The summed E-state index contributed by atoms with van der Waals surface area (Å²) in [7, 11) is 1.63. The van der Waals surface area contributed by atoms with E-state index in [4.69, 9.17) is 21.1 Å². The van der Waals surface area contributed by atoms with Gasteiger partial charge in [-0.05, 0) is 106 Å². The van der Waals surface area contributed by atoms with Gasteiger partial charge in [0.1, 0.15) is 0 Å². The number of aliphatic hydroxyl groups is 1. The number of carbonyl (C=O) groups is 1.